The Kier molecular flexibility index (Phi) is 4.32. The Morgan fingerprint density at radius 2 is 1.65 bits per heavy atom. The van der Waals surface area contributed by atoms with Crippen molar-refractivity contribution in [2.75, 3.05) is 0 Å². The first-order valence-corrected chi connectivity index (χ1v) is 9.00. The average molecular weight is 351 g/mol. The maximum absolute atomic E-state index is 12.8. The monoisotopic (exact) mass is 351 g/mol. The van der Waals surface area contributed by atoms with E-state index in [9.17, 15) is 14.8 Å². The van der Waals surface area contributed by atoms with Gasteiger partial charge in [0.1, 0.15) is 0 Å². The number of nitrogens with one attached hydrogen (secondary N) is 1. The van der Waals surface area contributed by atoms with Gasteiger partial charge >= 0.3 is 0 Å². The van der Waals surface area contributed by atoms with Crippen molar-refractivity contribution in [2.45, 2.75) is 44.3 Å². The summed E-state index contributed by atoms with van der Waals surface area (Å²) in [6.45, 7) is 0.500. The lowest BCUT2D eigenvalue weighted by molar-refractivity contribution is -0.605. The van der Waals surface area contributed by atoms with Crippen LogP contribution in [0.2, 0.25) is 0 Å². The van der Waals surface area contributed by atoms with Gasteiger partial charge in [0.15, 0.2) is 12.4 Å². The molecule has 1 heterocycles. The van der Waals surface area contributed by atoms with Gasteiger partial charge in [-0.3, -0.25) is 9.59 Å². The van der Waals surface area contributed by atoms with Crippen LogP contribution < -0.4 is 10.0 Å². The molecule has 1 aromatic heterocycles. The summed E-state index contributed by atoms with van der Waals surface area (Å²) in [6, 6.07) is 11.1. The van der Waals surface area contributed by atoms with Crippen LogP contribution in [0.3, 0.4) is 0 Å². The first kappa shape index (κ1) is 16.6. The molecule has 0 aliphatic heterocycles. The third-order valence-electron chi connectivity index (χ3n) is 4.78. The molecule has 2 amide bonds. The van der Waals surface area contributed by atoms with E-state index >= 15 is 0 Å². The zero-order valence-corrected chi connectivity index (χ0v) is 14.4. The van der Waals surface area contributed by atoms with E-state index < -0.39 is 0 Å². The Balaban J connectivity index is 1.45. The smallest absolute Gasteiger partial charge is 0.254 e. The molecule has 2 aliphatic rings. The molecule has 2 aliphatic carbocycles. The van der Waals surface area contributed by atoms with E-state index in [4.69, 9.17) is 0 Å². The predicted molar refractivity (Wildman–Crippen MR) is 95.2 cm³/mol. The van der Waals surface area contributed by atoms with Gasteiger partial charge in [0.05, 0.1) is 5.56 Å². The van der Waals surface area contributed by atoms with Crippen LogP contribution in [0, 0.1) is 5.21 Å². The zero-order valence-electron chi connectivity index (χ0n) is 14.4. The second kappa shape index (κ2) is 6.78. The molecule has 4 rings (SSSR count). The number of rotatable bonds is 6. The topological polar surface area (TPSA) is 76.4 Å². The summed E-state index contributed by atoms with van der Waals surface area (Å²) >= 11 is 0. The summed E-state index contributed by atoms with van der Waals surface area (Å²) in [5, 5.41) is 14.1. The molecule has 0 atom stereocenters. The van der Waals surface area contributed by atoms with Crippen molar-refractivity contribution in [2.24, 2.45) is 0 Å². The molecule has 0 saturated heterocycles. The predicted octanol–water partition coefficient (Wildman–Crippen LogP) is 2.02. The molecule has 0 bridgehead atoms. The summed E-state index contributed by atoms with van der Waals surface area (Å²) in [7, 11) is 0. The highest BCUT2D eigenvalue weighted by atomic mass is 16.5. The maximum Gasteiger partial charge on any atom is 0.254 e. The molecule has 134 valence electrons. The van der Waals surface area contributed by atoms with Crippen molar-refractivity contribution in [3.63, 3.8) is 0 Å². The van der Waals surface area contributed by atoms with Crippen LogP contribution in [-0.4, -0.2) is 28.8 Å². The van der Waals surface area contributed by atoms with Gasteiger partial charge in [-0.15, -0.1) is 0 Å². The third-order valence-corrected chi connectivity index (χ3v) is 4.78. The van der Waals surface area contributed by atoms with Crippen LogP contribution in [0.25, 0.3) is 0 Å². The minimum atomic E-state index is -0.0661. The van der Waals surface area contributed by atoms with E-state index in [0.717, 1.165) is 31.2 Å². The lowest BCUT2D eigenvalue weighted by Crippen LogP contribution is -2.33. The largest absolute Gasteiger partial charge is 0.619 e. The Labute approximate surface area is 152 Å². The molecular formula is C20H21N3O3. The van der Waals surface area contributed by atoms with Gasteiger partial charge in [-0.2, -0.15) is 4.73 Å². The molecular weight excluding hydrogens is 330 g/mol. The Hall–Kier alpha value is -2.89. The van der Waals surface area contributed by atoms with Crippen LogP contribution in [0.4, 0.5) is 0 Å². The molecule has 1 aromatic carbocycles. The van der Waals surface area contributed by atoms with Crippen molar-refractivity contribution in [3.05, 3.63) is 70.7 Å². The minimum Gasteiger partial charge on any atom is -0.619 e. The highest BCUT2D eigenvalue weighted by Gasteiger charge is 2.33. The van der Waals surface area contributed by atoms with E-state index in [2.05, 4.69) is 5.32 Å². The lowest BCUT2D eigenvalue weighted by Gasteiger charge is -2.22. The number of nitrogens with zero attached hydrogens (tertiary/aromatic N) is 2. The SMILES string of the molecule is O=C(NC1CC1)c1ccc(CN(C(=O)c2cc[n+]([O-])cc2)C2CC2)cc1. The first-order chi connectivity index (χ1) is 12.6. The van der Waals surface area contributed by atoms with Crippen molar-refractivity contribution < 1.29 is 14.3 Å². The number of carbonyl (C=O) groups excluding carboxylic acids is 2. The summed E-state index contributed by atoms with van der Waals surface area (Å²) in [5.74, 6) is -0.104. The van der Waals surface area contributed by atoms with Gasteiger partial charge in [-0.25, -0.2) is 0 Å². The summed E-state index contributed by atoms with van der Waals surface area (Å²) < 4.78 is 0.670. The van der Waals surface area contributed by atoms with Crippen LogP contribution >= 0.6 is 0 Å². The van der Waals surface area contributed by atoms with E-state index in [1.165, 1.54) is 12.4 Å². The molecule has 2 aromatic rings. The fourth-order valence-electron chi connectivity index (χ4n) is 2.93. The molecule has 0 unspecified atom stereocenters. The summed E-state index contributed by atoms with van der Waals surface area (Å²) in [5.41, 5.74) is 2.15. The average Bonchev–Trinajstić information content (AvgIpc) is 3.54. The number of amides is 2. The maximum atomic E-state index is 12.8. The van der Waals surface area contributed by atoms with Crippen LogP contribution in [-0.2, 0) is 6.54 Å². The number of hydrogen-bond donors (Lipinski definition) is 1. The van der Waals surface area contributed by atoms with Crippen molar-refractivity contribution in [1.29, 1.82) is 0 Å². The molecule has 6 heteroatoms. The second-order valence-corrected chi connectivity index (χ2v) is 7.06. The van der Waals surface area contributed by atoms with E-state index in [1.54, 1.807) is 12.1 Å². The molecule has 2 saturated carbocycles. The summed E-state index contributed by atoms with van der Waals surface area (Å²) in [6.07, 6.45) is 6.81. The fourth-order valence-corrected chi connectivity index (χ4v) is 2.93. The van der Waals surface area contributed by atoms with Gasteiger partial charge in [0.25, 0.3) is 11.8 Å². The lowest BCUT2D eigenvalue weighted by atomic mass is 10.1. The van der Waals surface area contributed by atoms with Crippen LogP contribution in [0.1, 0.15) is 52.0 Å². The van der Waals surface area contributed by atoms with Crippen LogP contribution in [0.5, 0.6) is 0 Å². The van der Waals surface area contributed by atoms with E-state index in [-0.39, 0.29) is 17.9 Å². The quantitative estimate of drug-likeness (QED) is 0.639. The minimum absolute atomic E-state index is 0.0376. The molecule has 2 fully saturated rings. The number of aromatic nitrogens is 1. The zero-order chi connectivity index (χ0) is 18.1. The number of carbonyl (C=O) groups is 2. The Bertz CT molecular complexity index is 809. The molecule has 1 N–H and O–H groups in total. The molecule has 0 radical (unpaired) electrons. The number of benzene rings is 1. The van der Waals surface area contributed by atoms with Gasteiger partial charge in [0, 0.05) is 36.3 Å². The van der Waals surface area contributed by atoms with Crippen molar-refractivity contribution >= 4 is 11.8 Å². The second-order valence-electron chi connectivity index (χ2n) is 7.06. The van der Waals surface area contributed by atoms with Crippen LogP contribution in [0.15, 0.2) is 48.8 Å². The van der Waals surface area contributed by atoms with Crippen molar-refractivity contribution in [1.82, 2.24) is 10.2 Å². The van der Waals surface area contributed by atoms with Gasteiger partial charge in [0.2, 0.25) is 0 Å². The van der Waals surface area contributed by atoms with Gasteiger partial charge in [-0.1, -0.05) is 12.1 Å². The number of pyridine rings is 1. The first-order valence-electron chi connectivity index (χ1n) is 9.00. The summed E-state index contributed by atoms with van der Waals surface area (Å²) in [4.78, 5) is 26.7. The molecule has 26 heavy (non-hydrogen) atoms. The van der Waals surface area contributed by atoms with E-state index in [0.29, 0.717) is 28.4 Å². The highest BCUT2D eigenvalue weighted by Crippen LogP contribution is 2.30. The van der Waals surface area contributed by atoms with Gasteiger partial charge < -0.3 is 15.4 Å². The van der Waals surface area contributed by atoms with Crippen molar-refractivity contribution in [3.8, 4) is 0 Å². The number of hydrogen-bond acceptors (Lipinski definition) is 3. The van der Waals surface area contributed by atoms with Gasteiger partial charge in [-0.05, 0) is 43.4 Å². The standard InChI is InChI=1S/C20H21N3O3/c24-19(21-17-5-6-17)15-3-1-14(2-4-15)13-23(18-7-8-18)20(25)16-9-11-22(26)12-10-16/h1-4,9-12,17-18H,5-8,13H2,(H,21,24). The highest BCUT2D eigenvalue weighted by molar-refractivity contribution is 5.95. The molecule has 0 spiro atoms. The Morgan fingerprint density at radius 3 is 2.23 bits per heavy atom. The van der Waals surface area contributed by atoms with E-state index in [1.807, 2.05) is 29.2 Å². The normalized spacial score (nSPS) is 16.2. The fraction of sp³-hybridized carbons (Fsp3) is 0.350. The third kappa shape index (κ3) is 3.85. The molecule has 6 nitrogen and oxygen atoms in total. The Morgan fingerprint density at radius 1 is 1.00 bits per heavy atom.